The van der Waals surface area contributed by atoms with Crippen molar-refractivity contribution in [2.24, 2.45) is 0 Å². The maximum Gasteiger partial charge on any atom is 0.338 e. The van der Waals surface area contributed by atoms with Crippen molar-refractivity contribution in [3.05, 3.63) is 106 Å². The van der Waals surface area contributed by atoms with Gasteiger partial charge in [0.1, 0.15) is 0 Å². The molecule has 0 fully saturated rings. The van der Waals surface area contributed by atoms with Gasteiger partial charge >= 0.3 is 5.97 Å². The maximum absolute atomic E-state index is 12.6. The van der Waals surface area contributed by atoms with Gasteiger partial charge in [-0.15, -0.1) is 0 Å². The van der Waals surface area contributed by atoms with Gasteiger partial charge in [-0.25, -0.2) is 4.79 Å². The van der Waals surface area contributed by atoms with Gasteiger partial charge in [-0.3, -0.25) is 4.79 Å². The molecule has 4 aromatic rings. The van der Waals surface area contributed by atoms with Gasteiger partial charge in [-0.05, 0) is 41.3 Å². The minimum absolute atomic E-state index is 0.110. The number of para-hydroxylation sites is 1. The Morgan fingerprint density at radius 1 is 0.933 bits per heavy atom. The Morgan fingerprint density at radius 2 is 1.63 bits per heavy atom. The van der Waals surface area contributed by atoms with Crippen LogP contribution in [-0.2, 0) is 17.7 Å². The molecule has 1 heterocycles. The van der Waals surface area contributed by atoms with E-state index in [0.717, 1.165) is 33.2 Å². The predicted molar refractivity (Wildman–Crippen MR) is 120 cm³/mol. The molecule has 4 nitrogen and oxygen atoms in total. The highest BCUT2D eigenvalue weighted by Gasteiger charge is 2.13. The second-order valence-electron chi connectivity index (χ2n) is 7.22. The van der Waals surface area contributed by atoms with E-state index in [0.29, 0.717) is 18.5 Å². The van der Waals surface area contributed by atoms with Gasteiger partial charge in [0, 0.05) is 23.7 Å². The zero-order valence-electron chi connectivity index (χ0n) is 17.1. The number of hydrogen-bond donors (Lipinski definition) is 0. The molecule has 0 aliphatic carbocycles. The monoisotopic (exact) mass is 397 g/mol. The zero-order chi connectivity index (χ0) is 21.1. The highest BCUT2D eigenvalue weighted by Crippen LogP contribution is 2.25. The number of benzene rings is 3. The first-order valence-corrected chi connectivity index (χ1v) is 10.00. The van der Waals surface area contributed by atoms with Crippen LogP contribution in [0.1, 0.15) is 28.4 Å². The molecule has 0 saturated carbocycles. The van der Waals surface area contributed by atoms with E-state index in [4.69, 9.17) is 4.74 Å². The summed E-state index contributed by atoms with van der Waals surface area (Å²) in [6.07, 6.45) is 2.66. The van der Waals surface area contributed by atoms with Crippen molar-refractivity contribution in [3.63, 3.8) is 0 Å². The first kappa shape index (κ1) is 19.6. The number of fused-ring (bicyclic) bond motifs is 1. The summed E-state index contributed by atoms with van der Waals surface area (Å²) < 4.78 is 7.04. The highest BCUT2D eigenvalue weighted by molar-refractivity contribution is 5.97. The summed E-state index contributed by atoms with van der Waals surface area (Å²) in [7, 11) is 1.39. The van der Waals surface area contributed by atoms with E-state index in [9.17, 15) is 9.59 Å². The standard InChI is InChI=1S/C26H23NO3/c1-3-19-17-27(24-11-7-6-10-23(24)25(19)28)16-18-12-14-20(15-13-18)21-8-4-5-9-22(21)26(29)30-2/h4-15,17H,3,16H2,1-2H3. The molecule has 0 atom stereocenters. The molecule has 0 unspecified atom stereocenters. The van der Waals surface area contributed by atoms with Crippen LogP contribution in [0.15, 0.2) is 83.8 Å². The van der Waals surface area contributed by atoms with Crippen molar-refractivity contribution in [1.82, 2.24) is 4.57 Å². The number of carbonyl (C=O) groups excluding carboxylic acids is 1. The van der Waals surface area contributed by atoms with Crippen molar-refractivity contribution >= 4 is 16.9 Å². The quantitative estimate of drug-likeness (QED) is 0.442. The summed E-state index contributed by atoms with van der Waals surface area (Å²) in [4.78, 5) is 24.7. The molecule has 0 spiro atoms. The highest BCUT2D eigenvalue weighted by atomic mass is 16.5. The topological polar surface area (TPSA) is 48.3 Å². The molecular weight excluding hydrogens is 374 g/mol. The Bertz CT molecular complexity index is 1270. The molecular formula is C26H23NO3. The molecule has 0 aliphatic heterocycles. The van der Waals surface area contributed by atoms with Crippen LogP contribution < -0.4 is 5.43 Å². The van der Waals surface area contributed by atoms with E-state index in [1.165, 1.54) is 7.11 Å². The SMILES string of the molecule is CCc1cn(Cc2ccc(-c3ccccc3C(=O)OC)cc2)c2ccccc2c1=O. The first-order valence-electron chi connectivity index (χ1n) is 10.00. The summed E-state index contributed by atoms with van der Waals surface area (Å²) in [6, 6.07) is 23.3. The molecule has 30 heavy (non-hydrogen) atoms. The van der Waals surface area contributed by atoms with Gasteiger partial charge in [0.25, 0.3) is 0 Å². The lowest BCUT2D eigenvalue weighted by Crippen LogP contribution is -2.14. The number of nitrogens with zero attached hydrogens (tertiary/aromatic N) is 1. The molecule has 3 aromatic carbocycles. The van der Waals surface area contributed by atoms with E-state index >= 15 is 0 Å². The van der Waals surface area contributed by atoms with Crippen LogP contribution in [0.5, 0.6) is 0 Å². The Labute approximate surface area is 175 Å². The molecule has 0 radical (unpaired) electrons. The number of ether oxygens (including phenoxy) is 1. The zero-order valence-corrected chi connectivity index (χ0v) is 17.1. The number of aromatic nitrogens is 1. The van der Waals surface area contributed by atoms with Gasteiger partial charge in [-0.1, -0.05) is 61.5 Å². The summed E-state index contributed by atoms with van der Waals surface area (Å²) in [6.45, 7) is 2.66. The van der Waals surface area contributed by atoms with Crippen LogP contribution in [0.4, 0.5) is 0 Å². The summed E-state index contributed by atoms with van der Waals surface area (Å²) in [5.41, 5.74) is 5.32. The average molecular weight is 397 g/mol. The van der Waals surface area contributed by atoms with Crippen LogP contribution in [0.2, 0.25) is 0 Å². The van der Waals surface area contributed by atoms with Crippen LogP contribution in [0.3, 0.4) is 0 Å². The summed E-state index contributed by atoms with van der Waals surface area (Å²) >= 11 is 0. The first-order chi connectivity index (χ1) is 14.6. The third-order valence-electron chi connectivity index (χ3n) is 5.39. The van der Waals surface area contributed by atoms with Gasteiger partial charge in [0.15, 0.2) is 5.43 Å². The molecule has 0 amide bonds. The van der Waals surface area contributed by atoms with E-state index in [1.807, 2.05) is 67.7 Å². The van der Waals surface area contributed by atoms with Gasteiger partial charge < -0.3 is 9.30 Å². The van der Waals surface area contributed by atoms with Crippen molar-refractivity contribution in [2.75, 3.05) is 7.11 Å². The smallest absolute Gasteiger partial charge is 0.338 e. The van der Waals surface area contributed by atoms with Gasteiger partial charge in [0.2, 0.25) is 0 Å². The van der Waals surface area contributed by atoms with Crippen LogP contribution in [0.25, 0.3) is 22.0 Å². The number of hydrogen-bond acceptors (Lipinski definition) is 3. The third-order valence-corrected chi connectivity index (χ3v) is 5.39. The second kappa shape index (κ2) is 8.37. The van der Waals surface area contributed by atoms with E-state index < -0.39 is 0 Å². The Morgan fingerprint density at radius 3 is 2.37 bits per heavy atom. The van der Waals surface area contributed by atoms with E-state index in [1.54, 1.807) is 6.07 Å². The fourth-order valence-corrected chi connectivity index (χ4v) is 3.80. The minimum Gasteiger partial charge on any atom is -0.465 e. The summed E-state index contributed by atoms with van der Waals surface area (Å²) in [5, 5.41) is 0.750. The molecule has 4 heteroatoms. The largest absolute Gasteiger partial charge is 0.465 e. The fraction of sp³-hybridized carbons (Fsp3) is 0.154. The Hall–Kier alpha value is -3.66. The number of methoxy groups -OCH3 is 1. The average Bonchev–Trinajstić information content (AvgIpc) is 2.81. The molecule has 0 aliphatic rings. The molecule has 150 valence electrons. The third kappa shape index (κ3) is 3.64. The number of pyridine rings is 1. The predicted octanol–water partition coefficient (Wildman–Crippen LogP) is 5.07. The minimum atomic E-state index is -0.346. The number of rotatable bonds is 5. The molecule has 1 aromatic heterocycles. The lowest BCUT2D eigenvalue weighted by molar-refractivity contribution is 0.0601. The molecule has 0 saturated heterocycles. The van der Waals surface area contributed by atoms with Crippen LogP contribution in [-0.4, -0.2) is 17.6 Å². The lowest BCUT2D eigenvalue weighted by Gasteiger charge is -2.14. The second-order valence-corrected chi connectivity index (χ2v) is 7.22. The van der Waals surface area contributed by atoms with Crippen molar-refractivity contribution in [1.29, 1.82) is 0 Å². The van der Waals surface area contributed by atoms with Crippen molar-refractivity contribution in [2.45, 2.75) is 19.9 Å². The van der Waals surface area contributed by atoms with E-state index in [-0.39, 0.29) is 11.4 Å². The number of esters is 1. The normalized spacial score (nSPS) is 10.9. The number of aryl methyl sites for hydroxylation is 1. The Balaban J connectivity index is 1.70. The van der Waals surface area contributed by atoms with E-state index in [2.05, 4.69) is 16.7 Å². The fourth-order valence-electron chi connectivity index (χ4n) is 3.80. The number of carbonyl (C=O) groups is 1. The van der Waals surface area contributed by atoms with Crippen LogP contribution >= 0.6 is 0 Å². The summed E-state index contributed by atoms with van der Waals surface area (Å²) in [5.74, 6) is -0.346. The van der Waals surface area contributed by atoms with Crippen molar-refractivity contribution in [3.8, 4) is 11.1 Å². The lowest BCUT2D eigenvalue weighted by atomic mass is 9.98. The molecule has 4 rings (SSSR count). The van der Waals surface area contributed by atoms with Gasteiger partial charge in [0.05, 0.1) is 18.2 Å². The molecule has 0 N–H and O–H groups in total. The van der Waals surface area contributed by atoms with Gasteiger partial charge in [-0.2, -0.15) is 0 Å². The Kier molecular flexibility index (Phi) is 5.48. The van der Waals surface area contributed by atoms with Crippen molar-refractivity contribution < 1.29 is 9.53 Å². The van der Waals surface area contributed by atoms with Crippen LogP contribution in [0, 0.1) is 0 Å². The molecule has 0 bridgehead atoms. The maximum atomic E-state index is 12.6.